The summed E-state index contributed by atoms with van der Waals surface area (Å²) in [7, 11) is 0. The second kappa shape index (κ2) is 7.72. The molecule has 0 amide bonds. The zero-order chi connectivity index (χ0) is 16.9. The molecule has 0 aliphatic carbocycles. The molecule has 130 valence electrons. The molecule has 2 N–H and O–H groups in total. The Kier molecular flexibility index (Phi) is 5.42. The molecule has 0 unspecified atom stereocenters. The molecule has 1 atom stereocenters. The van der Waals surface area contributed by atoms with Gasteiger partial charge in [-0.2, -0.15) is 4.98 Å². The van der Waals surface area contributed by atoms with Gasteiger partial charge in [0.15, 0.2) is 5.82 Å². The van der Waals surface area contributed by atoms with Crippen LogP contribution in [0.1, 0.15) is 42.9 Å². The number of piperidine rings is 1. The molecule has 3 heterocycles. The Bertz CT molecular complexity index is 673. The number of aromatic nitrogens is 3. The maximum atomic E-state index is 9.90. The van der Waals surface area contributed by atoms with Crippen molar-refractivity contribution in [3.05, 3.63) is 35.2 Å². The highest BCUT2D eigenvalue weighted by molar-refractivity contribution is 5.27. The van der Waals surface area contributed by atoms with Gasteiger partial charge in [-0.15, -0.1) is 0 Å². The summed E-state index contributed by atoms with van der Waals surface area (Å²) in [4.78, 5) is 11.1. The summed E-state index contributed by atoms with van der Waals surface area (Å²) in [6, 6.07) is 3.89. The summed E-state index contributed by atoms with van der Waals surface area (Å²) in [6.45, 7) is 7.21. The lowest BCUT2D eigenvalue weighted by atomic mass is 10.1. The van der Waals surface area contributed by atoms with Crippen LogP contribution >= 0.6 is 0 Å². The lowest BCUT2D eigenvalue weighted by molar-refractivity contribution is 0.176. The van der Waals surface area contributed by atoms with Gasteiger partial charge in [-0.05, 0) is 38.4 Å². The number of pyridine rings is 1. The summed E-state index contributed by atoms with van der Waals surface area (Å²) < 4.78 is 5.17. The molecule has 24 heavy (non-hydrogen) atoms. The van der Waals surface area contributed by atoms with E-state index in [1.54, 1.807) is 6.07 Å². The molecule has 1 aliphatic rings. The van der Waals surface area contributed by atoms with Crippen molar-refractivity contribution in [1.82, 2.24) is 25.3 Å². The summed E-state index contributed by atoms with van der Waals surface area (Å²) in [6.07, 6.45) is 3.02. The Hall–Kier alpha value is -1.99. The summed E-state index contributed by atoms with van der Waals surface area (Å²) in [5.74, 6) is 1.70. The summed E-state index contributed by atoms with van der Waals surface area (Å²) >= 11 is 0. The van der Waals surface area contributed by atoms with Gasteiger partial charge in [-0.3, -0.25) is 9.88 Å². The second-order valence-corrected chi connectivity index (χ2v) is 6.33. The van der Waals surface area contributed by atoms with E-state index in [1.807, 2.05) is 19.9 Å². The Morgan fingerprint density at radius 3 is 3.04 bits per heavy atom. The second-order valence-electron chi connectivity index (χ2n) is 6.33. The standard InChI is InChI=1S/C17H25N5O2/c1-3-17-20-16(21-24-17)11-22-8-4-5-13(10-22)18-9-14-15(23)7-6-12(2)19-14/h6-7,13,18,23H,3-5,8-11H2,1-2H3/t13-/m0/s1. The van der Waals surface area contributed by atoms with Crippen LogP contribution in [0, 0.1) is 6.92 Å². The first kappa shape index (κ1) is 16.9. The van der Waals surface area contributed by atoms with Crippen molar-refractivity contribution in [2.24, 2.45) is 0 Å². The van der Waals surface area contributed by atoms with Crippen LogP contribution in [0.2, 0.25) is 0 Å². The van der Waals surface area contributed by atoms with Crippen molar-refractivity contribution < 1.29 is 9.63 Å². The van der Waals surface area contributed by atoms with Gasteiger partial charge in [0, 0.05) is 31.2 Å². The van der Waals surface area contributed by atoms with Crippen LogP contribution in [0.15, 0.2) is 16.7 Å². The van der Waals surface area contributed by atoms with Crippen LogP contribution < -0.4 is 5.32 Å². The topological polar surface area (TPSA) is 87.3 Å². The highest BCUT2D eigenvalue weighted by Crippen LogP contribution is 2.17. The number of nitrogens with one attached hydrogen (secondary N) is 1. The van der Waals surface area contributed by atoms with Crippen molar-refractivity contribution in [3.8, 4) is 5.75 Å². The Morgan fingerprint density at radius 1 is 1.38 bits per heavy atom. The van der Waals surface area contributed by atoms with E-state index in [1.165, 1.54) is 0 Å². The Morgan fingerprint density at radius 2 is 2.25 bits per heavy atom. The van der Waals surface area contributed by atoms with Crippen molar-refractivity contribution in [2.45, 2.75) is 52.2 Å². The fraction of sp³-hybridized carbons (Fsp3) is 0.588. The summed E-state index contributed by atoms with van der Waals surface area (Å²) in [5.41, 5.74) is 1.62. The van der Waals surface area contributed by atoms with Crippen LogP contribution in [-0.4, -0.2) is 44.3 Å². The van der Waals surface area contributed by atoms with E-state index >= 15 is 0 Å². The van der Waals surface area contributed by atoms with Crippen LogP contribution in [0.3, 0.4) is 0 Å². The Labute approximate surface area is 142 Å². The molecule has 0 radical (unpaired) electrons. The molecule has 0 aromatic carbocycles. The lowest BCUT2D eigenvalue weighted by Crippen LogP contribution is -2.45. The molecule has 7 heteroatoms. The molecular weight excluding hydrogens is 306 g/mol. The summed E-state index contributed by atoms with van der Waals surface area (Å²) in [5, 5.41) is 17.4. The normalized spacial score (nSPS) is 18.8. The maximum Gasteiger partial charge on any atom is 0.226 e. The first-order chi connectivity index (χ1) is 11.6. The van der Waals surface area contributed by atoms with E-state index in [9.17, 15) is 5.11 Å². The van der Waals surface area contributed by atoms with E-state index in [-0.39, 0.29) is 5.75 Å². The van der Waals surface area contributed by atoms with E-state index < -0.39 is 0 Å². The molecule has 7 nitrogen and oxygen atoms in total. The zero-order valence-electron chi connectivity index (χ0n) is 14.3. The van der Waals surface area contributed by atoms with Crippen LogP contribution in [-0.2, 0) is 19.5 Å². The van der Waals surface area contributed by atoms with Gasteiger partial charge in [0.2, 0.25) is 5.89 Å². The molecule has 1 fully saturated rings. The number of hydrogen-bond acceptors (Lipinski definition) is 7. The van der Waals surface area contributed by atoms with Crippen molar-refractivity contribution in [1.29, 1.82) is 0 Å². The van der Waals surface area contributed by atoms with Gasteiger partial charge < -0.3 is 14.9 Å². The molecule has 1 aliphatic heterocycles. The minimum Gasteiger partial charge on any atom is -0.506 e. The minimum absolute atomic E-state index is 0.250. The van der Waals surface area contributed by atoms with Crippen LogP contribution in [0.4, 0.5) is 0 Å². The first-order valence-electron chi connectivity index (χ1n) is 8.56. The fourth-order valence-electron chi connectivity index (χ4n) is 3.04. The van der Waals surface area contributed by atoms with Crippen LogP contribution in [0.5, 0.6) is 5.75 Å². The predicted molar refractivity (Wildman–Crippen MR) is 89.5 cm³/mol. The highest BCUT2D eigenvalue weighted by atomic mass is 16.5. The van der Waals surface area contributed by atoms with Gasteiger partial charge in [0.1, 0.15) is 5.75 Å². The highest BCUT2D eigenvalue weighted by Gasteiger charge is 2.21. The maximum absolute atomic E-state index is 9.90. The largest absolute Gasteiger partial charge is 0.506 e. The third kappa shape index (κ3) is 4.30. The monoisotopic (exact) mass is 331 g/mol. The van der Waals surface area contributed by atoms with E-state index in [4.69, 9.17) is 4.52 Å². The quantitative estimate of drug-likeness (QED) is 0.834. The molecule has 2 aromatic rings. The SMILES string of the molecule is CCc1nc(CN2CCC[C@H](NCc3nc(C)ccc3O)C2)no1. The molecule has 0 bridgehead atoms. The third-order valence-corrected chi connectivity index (χ3v) is 4.33. The van der Waals surface area contributed by atoms with Crippen molar-refractivity contribution >= 4 is 0 Å². The average Bonchev–Trinajstić information content (AvgIpc) is 3.03. The van der Waals surface area contributed by atoms with Gasteiger partial charge in [0.25, 0.3) is 0 Å². The van der Waals surface area contributed by atoms with E-state index in [0.717, 1.165) is 50.4 Å². The number of aromatic hydroxyl groups is 1. The first-order valence-corrected chi connectivity index (χ1v) is 8.56. The molecule has 0 spiro atoms. The lowest BCUT2D eigenvalue weighted by Gasteiger charge is -2.32. The molecule has 1 saturated heterocycles. The number of nitrogens with zero attached hydrogens (tertiary/aromatic N) is 4. The van der Waals surface area contributed by atoms with E-state index in [0.29, 0.717) is 24.2 Å². The number of hydrogen-bond donors (Lipinski definition) is 2. The van der Waals surface area contributed by atoms with Crippen molar-refractivity contribution in [2.75, 3.05) is 13.1 Å². The smallest absolute Gasteiger partial charge is 0.226 e. The van der Waals surface area contributed by atoms with Gasteiger partial charge >= 0.3 is 0 Å². The predicted octanol–water partition coefficient (Wildman–Crippen LogP) is 1.80. The zero-order valence-corrected chi connectivity index (χ0v) is 14.3. The molecule has 2 aromatic heterocycles. The number of likely N-dealkylation sites (tertiary alicyclic amines) is 1. The van der Waals surface area contributed by atoms with Crippen LogP contribution in [0.25, 0.3) is 0 Å². The number of rotatable bonds is 6. The van der Waals surface area contributed by atoms with Gasteiger partial charge in [0.05, 0.1) is 12.2 Å². The van der Waals surface area contributed by atoms with Gasteiger partial charge in [-0.1, -0.05) is 12.1 Å². The number of aryl methyl sites for hydroxylation is 2. The third-order valence-electron chi connectivity index (χ3n) is 4.33. The average molecular weight is 331 g/mol. The Balaban J connectivity index is 1.52. The molecule has 3 rings (SSSR count). The van der Waals surface area contributed by atoms with Gasteiger partial charge in [-0.25, -0.2) is 0 Å². The minimum atomic E-state index is 0.250. The molecular formula is C17H25N5O2. The molecule has 0 saturated carbocycles. The fourth-order valence-corrected chi connectivity index (χ4v) is 3.04. The van der Waals surface area contributed by atoms with E-state index in [2.05, 4.69) is 25.3 Å². The van der Waals surface area contributed by atoms with Crippen molar-refractivity contribution in [3.63, 3.8) is 0 Å².